The Kier molecular flexibility index (Phi) is 5.06. The van der Waals surface area contributed by atoms with Crippen LogP contribution in [0.4, 0.5) is 10.2 Å². The van der Waals surface area contributed by atoms with Crippen molar-refractivity contribution in [1.82, 2.24) is 20.1 Å². The Balaban J connectivity index is 1.56. The molecule has 1 aliphatic rings. The van der Waals surface area contributed by atoms with Crippen molar-refractivity contribution in [1.29, 1.82) is 0 Å². The Morgan fingerprint density at radius 3 is 2.85 bits per heavy atom. The molecule has 1 N–H and O–H groups in total. The van der Waals surface area contributed by atoms with Crippen LogP contribution in [0.5, 0.6) is 0 Å². The molecule has 27 heavy (non-hydrogen) atoms. The predicted octanol–water partition coefficient (Wildman–Crippen LogP) is 2.47. The minimum atomic E-state index is -0.381. The molecule has 0 radical (unpaired) electrons. The van der Waals surface area contributed by atoms with E-state index in [1.807, 2.05) is 17.9 Å². The summed E-state index contributed by atoms with van der Waals surface area (Å²) in [6, 6.07) is 4.94. The number of hydrogen-bond donors (Lipinski definition) is 1. The molecule has 0 saturated carbocycles. The molecule has 0 aliphatic carbocycles. The van der Waals surface area contributed by atoms with Gasteiger partial charge in [-0.2, -0.15) is 0 Å². The van der Waals surface area contributed by atoms with Crippen LogP contribution in [0.3, 0.4) is 0 Å². The molecule has 140 valence electrons. The number of nitrogens with zero attached hydrogens (tertiary/aromatic N) is 4. The zero-order chi connectivity index (χ0) is 18.8. The molecule has 0 spiro atoms. The van der Waals surface area contributed by atoms with Gasteiger partial charge in [-0.05, 0) is 30.5 Å². The zero-order valence-electron chi connectivity index (χ0n) is 14.7. The van der Waals surface area contributed by atoms with E-state index in [1.54, 1.807) is 6.07 Å². The zero-order valence-corrected chi connectivity index (χ0v) is 15.6. The number of halogens is 1. The SMILES string of the molecule is Cc1nnc(-c2cc(F)c3cnc(NC(=O)CN4CCOCC4)cc3c2)s1. The summed E-state index contributed by atoms with van der Waals surface area (Å²) in [6.45, 7) is 4.86. The van der Waals surface area contributed by atoms with Crippen molar-refractivity contribution in [3.8, 4) is 10.6 Å². The number of fused-ring (bicyclic) bond motifs is 1. The number of benzene rings is 1. The quantitative estimate of drug-likeness (QED) is 0.741. The lowest BCUT2D eigenvalue weighted by Gasteiger charge is -2.25. The summed E-state index contributed by atoms with van der Waals surface area (Å²) in [5, 5.41) is 13.3. The smallest absolute Gasteiger partial charge is 0.239 e. The highest BCUT2D eigenvalue weighted by Crippen LogP contribution is 2.29. The van der Waals surface area contributed by atoms with Gasteiger partial charge in [-0.1, -0.05) is 11.3 Å². The Morgan fingerprint density at radius 2 is 2.11 bits per heavy atom. The lowest BCUT2D eigenvalue weighted by atomic mass is 10.1. The summed E-state index contributed by atoms with van der Waals surface area (Å²) in [6.07, 6.45) is 1.43. The van der Waals surface area contributed by atoms with Crippen LogP contribution < -0.4 is 5.32 Å². The van der Waals surface area contributed by atoms with Crippen LogP contribution in [0, 0.1) is 12.7 Å². The summed E-state index contributed by atoms with van der Waals surface area (Å²) in [5.74, 6) is -0.139. The topological polar surface area (TPSA) is 80.2 Å². The number of morpholine rings is 1. The fourth-order valence-electron chi connectivity index (χ4n) is 2.96. The molecule has 3 aromatic rings. The Labute approximate surface area is 159 Å². The molecule has 9 heteroatoms. The number of amides is 1. The number of anilines is 1. The Morgan fingerprint density at radius 1 is 1.30 bits per heavy atom. The number of carbonyl (C=O) groups excluding carboxylic acids is 1. The van der Waals surface area contributed by atoms with E-state index in [9.17, 15) is 9.18 Å². The number of carbonyl (C=O) groups is 1. The van der Waals surface area contributed by atoms with Gasteiger partial charge in [0.2, 0.25) is 5.91 Å². The van der Waals surface area contributed by atoms with Gasteiger partial charge in [-0.3, -0.25) is 9.69 Å². The van der Waals surface area contributed by atoms with Gasteiger partial charge in [-0.15, -0.1) is 10.2 Å². The first-order valence-electron chi connectivity index (χ1n) is 8.58. The molecule has 4 rings (SSSR count). The van der Waals surface area contributed by atoms with Crippen molar-refractivity contribution in [3.63, 3.8) is 0 Å². The highest BCUT2D eigenvalue weighted by molar-refractivity contribution is 7.14. The molecule has 1 fully saturated rings. The number of nitrogens with one attached hydrogen (secondary N) is 1. The van der Waals surface area contributed by atoms with Crippen molar-refractivity contribution in [2.24, 2.45) is 0 Å². The van der Waals surface area contributed by atoms with E-state index < -0.39 is 0 Å². The van der Waals surface area contributed by atoms with E-state index in [2.05, 4.69) is 20.5 Å². The number of ether oxygens (including phenoxy) is 1. The molecule has 7 nitrogen and oxygen atoms in total. The third kappa shape index (κ3) is 4.10. The van der Waals surface area contributed by atoms with Gasteiger partial charge in [0.05, 0.1) is 19.8 Å². The second-order valence-corrected chi connectivity index (χ2v) is 7.49. The number of hydrogen-bond acceptors (Lipinski definition) is 7. The van der Waals surface area contributed by atoms with Gasteiger partial charge in [0, 0.05) is 30.2 Å². The van der Waals surface area contributed by atoms with Crippen LogP contribution in [0.1, 0.15) is 5.01 Å². The van der Waals surface area contributed by atoms with Gasteiger partial charge in [0.1, 0.15) is 21.7 Å². The molecule has 0 unspecified atom stereocenters. The van der Waals surface area contributed by atoms with E-state index in [1.165, 1.54) is 23.6 Å². The Bertz CT molecular complexity index is 987. The average molecular weight is 387 g/mol. The van der Waals surface area contributed by atoms with Gasteiger partial charge in [0.25, 0.3) is 0 Å². The van der Waals surface area contributed by atoms with Crippen molar-refractivity contribution in [2.45, 2.75) is 6.92 Å². The highest BCUT2D eigenvalue weighted by atomic mass is 32.1. The number of pyridine rings is 1. The third-order valence-electron chi connectivity index (χ3n) is 4.30. The average Bonchev–Trinajstić information content (AvgIpc) is 3.08. The molecule has 0 atom stereocenters. The fraction of sp³-hybridized carbons (Fsp3) is 0.333. The Hall–Kier alpha value is -2.49. The fourth-order valence-corrected chi connectivity index (χ4v) is 3.64. The summed E-state index contributed by atoms with van der Waals surface area (Å²) < 4.78 is 19.7. The van der Waals surface area contributed by atoms with E-state index in [-0.39, 0.29) is 18.3 Å². The second kappa shape index (κ2) is 7.63. The maximum atomic E-state index is 14.5. The van der Waals surface area contributed by atoms with E-state index >= 15 is 0 Å². The summed E-state index contributed by atoms with van der Waals surface area (Å²) in [7, 11) is 0. The summed E-state index contributed by atoms with van der Waals surface area (Å²) >= 11 is 1.40. The molecular weight excluding hydrogens is 369 g/mol. The van der Waals surface area contributed by atoms with Crippen LogP contribution in [-0.4, -0.2) is 58.8 Å². The van der Waals surface area contributed by atoms with Crippen LogP contribution >= 0.6 is 11.3 Å². The maximum absolute atomic E-state index is 14.5. The third-order valence-corrected chi connectivity index (χ3v) is 5.19. The van der Waals surface area contributed by atoms with Crippen molar-refractivity contribution >= 4 is 33.8 Å². The van der Waals surface area contributed by atoms with E-state index in [4.69, 9.17) is 4.74 Å². The molecular formula is C18H18FN5O2S. The molecule has 2 aromatic heterocycles. The van der Waals surface area contributed by atoms with E-state index in [0.717, 1.165) is 18.1 Å². The lowest BCUT2D eigenvalue weighted by Crippen LogP contribution is -2.41. The lowest BCUT2D eigenvalue weighted by molar-refractivity contribution is -0.118. The van der Waals surface area contributed by atoms with Gasteiger partial charge >= 0.3 is 0 Å². The number of aryl methyl sites for hydroxylation is 1. The first kappa shape index (κ1) is 17.9. The van der Waals surface area contributed by atoms with Crippen LogP contribution in [-0.2, 0) is 9.53 Å². The first-order chi connectivity index (χ1) is 13.1. The number of rotatable bonds is 4. The molecule has 1 aromatic carbocycles. The number of aromatic nitrogens is 3. The predicted molar refractivity (Wildman–Crippen MR) is 101 cm³/mol. The van der Waals surface area contributed by atoms with Gasteiger partial charge in [0.15, 0.2) is 0 Å². The van der Waals surface area contributed by atoms with Crippen LogP contribution in [0.2, 0.25) is 0 Å². The first-order valence-corrected chi connectivity index (χ1v) is 9.40. The van der Waals surface area contributed by atoms with Gasteiger partial charge in [-0.25, -0.2) is 9.37 Å². The minimum Gasteiger partial charge on any atom is -0.379 e. The van der Waals surface area contributed by atoms with E-state index in [0.29, 0.717) is 40.4 Å². The molecule has 0 bridgehead atoms. The molecule has 3 heterocycles. The maximum Gasteiger partial charge on any atom is 0.239 e. The second-order valence-electron chi connectivity index (χ2n) is 6.31. The molecule has 1 aliphatic heterocycles. The molecule has 1 amide bonds. The van der Waals surface area contributed by atoms with Crippen molar-refractivity contribution in [2.75, 3.05) is 38.2 Å². The normalized spacial score (nSPS) is 15.2. The summed E-state index contributed by atoms with van der Waals surface area (Å²) in [5.41, 5.74) is 0.655. The monoisotopic (exact) mass is 387 g/mol. The van der Waals surface area contributed by atoms with Crippen molar-refractivity contribution in [3.05, 3.63) is 35.2 Å². The standard InChI is InChI=1S/C18H18FN5O2S/c1-11-22-23-18(27-11)13-6-12-8-16(20-9-14(12)15(19)7-13)21-17(25)10-24-2-4-26-5-3-24/h6-9H,2-5,10H2,1H3,(H,20,21,25). The highest BCUT2D eigenvalue weighted by Gasteiger charge is 2.15. The minimum absolute atomic E-state index is 0.153. The van der Waals surface area contributed by atoms with Gasteiger partial charge < -0.3 is 10.1 Å². The van der Waals surface area contributed by atoms with Crippen LogP contribution in [0.25, 0.3) is 21.3 Å². The molecule has 1 saturated heterocycles. The van der Waals surface area contributed by atoms with Crippen molar-refractivity contribution < 1.29 is 13.9 Å². The summed E-state index contributed by atoms with van der Waals surface area (Å²) in [4.78, 5) is 18.4. The largest absolute Gasteiger partial charge is 0.379 e. The van der Waals surface area contributed by atoms with Crippen LogP contribution in [0.15, 0.2) is 24.4 Å².